The molecule has 0 spiro atoms. The number of hydrogen-bond donors (Lipinski definition) is 1. The normalized spacial score (nSPS) is 16.2. The fourth-order valence-electron chi connectivity index (χ4n) is 2.56. The third-order valence-corrected chi connectivity index (χ3v) is 3.80. The number of hydrogen-bond acceptors (Lipinski definition) is 4. The van der Waals surface area contributed by atoms with Gasteiger partial charge in [-0.15, -0.1) is 0 Å². The lowest BCUT2D eigenvalue weighted by atomic mass is 10.1. The van der Waals surface area contributed by atoms with Gasteiger partial charge in [-0.1, -0.05) is 12.1 Å². The molecule has 0 aliphatic carbocycles. The van der Waals surface area contributed by atoms with E-state index in [4.69, 9.17) is 9.84 Å². The maximum atomic E-state index is 12.3. The number of carbonyl (C=O) groups excluding carboxylic acids is 1. The largest absolute Gasteiger partial charge is 0.484 e. The molecule has 1 aliphatic heterocycles. The molecule has 1 amide bonds. The summed E-state index contributed by atoms with van der Waals surface area (Å²) in [5, 5.41) is 8.90. The lowest BCUT2D eigenvalue weighted by molar-refractivity contribution is -0.153. The Kier molecular flexibility index (Phi) is 6.44. The first-order chi connectivity index (χ1) is 11.4. The van der Waals surface area contributed by atoms with Crippen molar-refractivity contribution < 1.29 is 27.8 Å². The molecule has 5 nitrogen and oxygen atoms in total. The number of halogens is 3. The maximum absolute atomic E-state index is 12.3. The molecule has 0 aromatic heterocycles. The molecule has 1 fully saturated rings. The first kappa shape index (κ1) is 18.5. The van der Waals surface area contributed by atoms with Crippen molar-refractivity contribution in [1.29, 1.82) is 0 Å². The van der Waals surface area contributed by atoms with E-state index in [2.05, 4.69) is 4.90 Å². The quantitative estimate of drug-likeness (QED) is 0.844. The van der Waals surface area contributed by atoms with Crippen molar-refractivity contribution in [1.82, 2.24) is 9.80 Å². The van der Waals surface area contributed by atoms with Gasteiger partial charge in [0.05, 0.1) is 13.0 Å². The molecule has 0 bridgehead atoms. The predicted molar refractivity (Wildman–Crippen MR) is 81.8 cm³/mol. The first-order valence-electron chi connectivity index (χ1n) is 7.77. The molecule has 1 saturated heterocycles. The van der Waals surface area contributed by atoms with Gasteiger partial charge in [-0.2, -0.15) is 13.2 Å². The van der Waals surface area contributed by atoms with E-state index in [0.29, 0.717) is 38.3 Å². The molecule has 1 aliphatic rings. The van der Waals surface area contributed by atoms with Crippen LogP contribution in [-0.4, -0.2) is 72.9 Å². The fourth-order valence-corrected chi connectivity index (χ4v) is 2.56. The lowest BCUT2D eigenvalue weighted by Crippen LogP contribution is -2.49. The molecule has 24 heavy (non-hydrogen) atoms. The highest BCUT2D eigenvalue weighted by atomic mass is 19.4. The second-order valence-corrected chi connectivity index (χ2v) is 5.67. The SMILES string of the molecule is O=C(Cc1cccc(OCC(F)(F)F)c1)N1CCN(CCO)CC1. The third-order valence-electron chi connectivity index (χ3n) is 3.80. The maximum Gasteiger partial charge on any atom is 0.422 e. The summed E-state index contributed by atoms with van der Waals surface area (Å²) in [5.41, 5.74) is 0.623. The van der Waals surface area contributed by atoms with Gasteiger partial charge in [0.25, 0.3) is 0 Å². The molecule has 134 valence electrons. The van der Waals surface area contributed by atoms with Gasteiger partial charge in [0, 0.05) is 32.7 Å². The van der Waals surface area contributed by atoms with E-state index in [9.17, 15) is 18.0 Å². The lowest BCUT2D eigenvalue weighted by Gasteiger charge is -2.34. The number of piperazine rings is 1. The van der Waals surface area contributed by atoms with E-state index in [-0.39, 0.29) is 24.7 Å². The molecule has 8 heteroatoms. The van der Waals surface area contributed by atoms with Crippen LogP contribution in [0.25, 0.3) is 0 Å². The van der Waals surface area contributed by atoms with Crippen LogP contribution in [0.2, 0.25) is 0 Å². The molecule has 0 radical (unpaired) electrons. The topological polar surface area (TPSA) is 53.0 Å². The molecule has 1 N–H and O–H groups in total. The summed E-state index contributed by atoms with van der Waals surface area (Å²) >= 11 is 0. The number of rotatable bonds is 6. The van der Waals surface area contributed by atoms with Crippen LogP contribution in [0.15, 0.2) is 24.3 Å². The van der Waals surface area contributed by atoms with Crippen LogP contribution in [0.3, 0.4) is 0 Å². The van der Waals surface area contributed by atoms with Crippen LogP contribution in [0.1, 0.15) is 5.56 Å². The van der Waals surface area contributed by atoms with Gasteiger partial charge in [0.2, 0.25) is 5.91 Å². The zero-order valence-electron chi connectivity index (χ0n) is 13.3. The zero-order chi connectivity index (χ0) is 17.6. The zero-order valence-corrected chi connectivity index (χ0v) is 13.3. The number of β-amino-alcohol motifs (C(OH)–C–C–N with tert-alkyl or cyclic N) is 1. The summed E-state index contributed by atoms with van der Waals surface area (Å²) in [6.45, 7) is 1.94. The fraction of sp³-hybridized carbons (Fsp3) is 0.562. The smallest absolute Gasteiger partial charge is 0.422 e. The molecule has 0 saturated carbocycles. The Bertz CT molecular complexity index is 544. The Morgan fingerprint density at radius 2 is 1.92 bits per heavy atom. The van der Waals surface area contributed by atoms with E-state index in [0.717, 1.165) is 0 Å². The van der Waals surface area contributed by atoms with Gasteiger partial charge >= 0.3 is 6.18 Å². The third kappa shape index (κ3) is 6.01. The Hall–Kier alpha value is -1.80. The summed E-state index contributed by atoms with van der Waals surface area (Å²) in [6.07, 6.45) is -4.26. The van der Waals surface area contributed by atoms with Gasteiger partial charge in [-0.3, -0.25) is 9.69 Å². The van der Waals surface area contributed by atoms with Crippen LogP contribution in [0, 0.1) is 0 Å². The summed E-state index contributed by atoms with van der Waals surface area (Å²) in [5.74, 6) is 0.0389. The van der Waals surface area contributed by atoms with Gasteiger partial charge in [-0.05, 0) is 17.7 Å². The van der Waals surface area contributed by atoms with Gasteiger partial charge in [0.1, 0.15) is 5.75 Å². The van der Waals surface area contributed by atoms with Crippen molar-refractivity contribution in [2.75, 3.05) is 45.9 Å². The summed E-state index contributed by atoms with van der Waals surface area (Å²) in [7, 11) is 0. The number of amides is 1. The Morgan fingerprint density at radius 1 is 1.21 bits per heavy atom. The summed E-state index contributed by atoms with van der Waals surface area (Å²) in [6, 6.07) is 6.17. The average molecular weight is 346 g/mol. The van der Waals surface area contributed by atoms with Crippen LogP contribution in [0.4, 0.5) is 13.2 Å². The van der Waals surface area contributed by atoms with Crippen LogP contribution in [0.5, 0.6) is 5.75 Å². The average Bonchev–Trinajstić information content (AvgIpc) is 2.54. The number of ether oxygens (including phenoxy) is 1. The van der Waals surface area contributed by atoms with Crippen molar-refractivity contribution >= 4 is 5.91 Å². The Morgan fingerprint density at radius 3 is 2.54 bits per heavy atom. The minimum absolute atomic E-state index is 0.0633. The van der Waals surface area contributed by atoms with Gasteiger partial charge < -0.3 is 14.7 Å². The van der Waals surface area contributed by atoms with Crippen molar-refractivity contribution in [2.24, 2.45) is 0 Å². The highest BCUT2D eigenvalue weighted by molar-refractivity contribution is 5.79. The second kappa shape index (κ2) is 8.34. The van der Waals surface area contributed by atoms with Crippen LogP contribution in [-0.2, 0) is 11.2 Å². The van der Waals surface area contributed by atoms with E-state index in [1.807, 2.05) is 0 Å². The molecule has 2 rings (SSSR count). The minimum atomic E-state index is -4.39. The summed E-state index contributed by atoms with van der Waals surface area (Å²) in [4.78, 5) is 16.1. The minimum Gasteiger partial charge on any atom is -0.484 e. The molecule has 0 atom stereocenters. The first-order valence-corrected chi connectivity index (χ1v) is 7.77. The Labute approximate surface area is 138 Å². The highest BCUT2D eigenvalue weighted by Gasteiger charge is 2.28. The van der Waals surface area contributed by atoms with Gasteiger partial charge in [0.15, 0.2) is 6.61 Å². The monoisotopic (exact) mass is 346 g/mol. The highest BCUT2D eigenvalue weighted by Crippen LogP contribution is 2.20. The molecular formula is C16H21F3N2O3. The van der Waals surface area contributed by atoms with Crippen LogP contribution >= 0.6 is 0 Å². The number of nitrogens with zero attached hydrogens (tertiary/aromatic N) is 2. The van der Waals surface area contributed by atoms with Crippen molar-refractivity contribution in [3.63, 3.8) is 0 Å². The number of carbonyl (C=O) groups is 1. The predicted octanol–water partition coefficient (Wildman–Crippen LogP) is 1.31. The molecule has 0 unspecified atom stereocenters. The van der Waals surface area contributed by atoms with Crippen molar-refractivity contribution in [3.05, 3.63) is 29.8 Å². The number of benzene rings is 1. The number of aliphatic hydroxyl groups excluding tert-OH is 1. The number of alkyl halides is 3. The van der Waals surface area contributed by atoms with E-state index < -0.39 is 12.8 Å². The van der Waals surface area contributed by atoms with Crippen molar-refractivity contribution in [2.45, 2.75) is 12.6 Å². The van der Waals surface area contributed by atoms with E-state index >= 15 is 0 Å². The van der Waals surface area contributed by atoms with Crippen molar-refractivity contribution in [3.8, 4) is 5.75 Å². The second-order valence-electron chi connectivity index (χ2n) is 5.67. The molecule has 1 aromatic rings. The standard InChI is InChI=1S/C16H21F3N2O3/c17-16(18,19)12-24-14-3-1-2-13(10-14)11-15(23)21-6-4-20(5-7-21)8-9-22/h1-3,10,22H,4-9,11-12H2. The Balaban J connectivity index is 1.86. The van der Waals surface area contributed by atoms with Gasteiger partial charge in [-0.25, -0.2) is 0 Å². The molecular weight excluding hydrogens is 325 g/mol. The molecule has 1 aromatic carbocycles. The van der Waals surface area contributed by atoms with Crippen LogP contribution < -0.4 is 4.74 Å². The van der Waals surface area contributed by atoms with E-state index in [1.54, 1.807) is 17.0 Å². The van der Waals surface area contributed by atoms with E-state index in [1.165, 1.54) is 12.1 Å². The summed E-state index contributed by atoms with van der Waals surface area (Å²) < 4.78 is 41.2. The number of aliphatic hydroxyl groups is 1. The molecule has 1 heterocycles.